The molecule has 1 aliphatic rings. The first kappa shape index (κ1) is 28.2. The summed E-state index contributed by atoms with van der Waals surface area (Å²) in [6.07, 6.45) is 5.00. The molecule has 1 aliphatic carbocycles. The molecular weight excluding hydrogens is 336 g/mol. The van der Waals surface area contributed by atoms with Gasteiger partial charge in [0.25, 0.3) is 0 Å². The first-order valence-electron chi connectivity index (χ1n) is 3.94. The summed E-state index contributed by atoms with van der Waals surface area (Å²) in [6.45, 7) is 0. The Morgan fingerprint density at radius 1 is 0.474 bits per heavy atom. The minimum atomic E-state index is -6.00. The summed E-state index contributed by atoms with van der Waals surface area (Å²) in [5, 5.41) is 0. The molecule has 0 atom stereocenters. The standard InChI is InChI=1S/C3H5.3BF4.K/c1-2-3-1;3*2-1(3,4)5;/h1H,2-3H2;;;;/q4*-1;+1. The molecule has 0 aliphatic heterocycles. The van der Waals surface area contributed by atoms with Gasteiger partial charge in [0, 0.05) is 0 Å². The second-order valence-electron chi connectivity index (χ2n) is 2.35. The first-order valence-corrected chi connectivity index (χ1v) is 3.94. The van der Waals surface area contributed by atoms with Gasteiger partial charge in [0.15, 0.2) is 0 Å². The molecule has 0 amide bonds. The maximum absolute atomic E-state index is 9.75. The molecule has 1 fully saturated rings. The van der Waals surface area contributed by atoms with E-state index in [-0.39, 0.29) is 51.4 Å². The molecular formula is C3H5B3F12K-3. The minimum Gasteiger partial charge on any atom is -0.418 e. The Morgan fingerprint density at radius 3 is 0.526 bits per heavy atom. The molecule has 0 aromatic rings. The van der Waals surface area contributed by atoms with Crippen LogP contribution < -0.4 is 51.4 Å². The van der Waals surface area contributed by atoms with Crippen LogP contribution in [0.25, 0.3) is 0 Å². The van der Waals surface area contributed by atoms with Crippen LogP contribution in [0.4, 0.5) is 51.8 Å². The Bertz CT molecular complexity index is 133. The van der Waals surface area contributed by atoms with Gasteiger partial charge in [-0.05, 0) is 0 Å². The third-order valence-electron chi connectivity index (χ3n) is 0.289. The Balaban J connectivity index is -0.0000000783. The fourth-order valence-electron chi connectivity index (χ4n) is 0. The molecule has 0 unspecified atom stereocenters. The fraction of sp³-hybridized carbons (Fsp3) is 0.667. The van der Waals surface area contributed by atoms with E-state index in [0.717, 1.165) is 0 Å². The molecule has 0 bridgehead atoms. The van der Waals surface area contributed by atoms with E-state index in [2.05, 4.69) is 6.42 Å². The Hall–Kier alpha value is 0.991. The van der Waals surface area contributed by atoms with E-state index in [4.69, 9.17) is 0 Å². The van der Waals surface area contributed by atoms with Crippen molar-refractivity contribution in [2.24, 2.45) is 0 Å². The van der Waals surface area contributed by atoms with Crippen molar-refractivity contribution in [3.63, 3.8) is 0 Å². The number of hydrogen-bond acceptors (Lipinski definition) is 0. The van der Waals surface area contributed by atoms with Crippen molar-refractivity contribution < 1.29 is 103 Å². The SMILES string of the molecule is F[B-](F)(F)F.F[B-](F)(F)F.F[B-](F)(F)F.[CH-]1CC1.[K+]. The molecule has 1 saturated carbocycles. The predicted octanol–water partition coefficient (Wildman–Crippen LogP) is 1.89. The van der Waals surface area contributed by atoms with Gasteiger partial charge in [-0.1, -0.05) is 0 Å². The van der Waals surface area contributed by atoms with Gasteiger partial charge in [0.2, 0.25) is 0 Å². The zero-order valence-electron chi connectivity index (χ0n) is 9.26. The Labute approximate surface area is 143 Å². The summed E-state index contributed by atoms with van der Waals surface area (Å²) < 4.78 is 117. The van der Waals surface area contributed by atoms with Crippen LogP contribution in [-0.2, 0) is 0 Å². The smallest absolute Gasteiger partial charge is 0.418 e. The predicted molar refractivity (Wildman–Crippen MR) is 44.1 cm³/mol. The molecule has 0 N–H and O–H groups in total. The van der Waals surface area contributed by atoms with Crippen molar-refractivity contribution in [2.75, 3.05) is 0 Å². The Morgan fingerprint density at radius 2 is 0.526 bits per heavy atom. The zero-order valence-corrected chi connectivity index (χ0v) is 12.4. The molecule has 0 spiro atoms. The summed E-state index contributed by atoms with van der Waals surface area (Å²) in [5.41, 5.74) is 0. The monoisotopic (exact) mass is 341 g/mol. The fourth-order valence-corrected chi connectivity index (χ4v) is 0. The molecule has 19 heavy (non-hydrogen) atoms. The van der Waals surface area contributed by atoms with Crippen LogP contribution in [0.2, 0.25) is 0 Å². The second-order valence-corrected chi connectivity index (χ2v) is 2.35. The maximum Gasteiger partial charge on any atom is 1.00 e. The van der Waals surface area contributed by atoms with Crippen LogP contribution in [0, 0.1) is 6.42 Å². The van der Waals surface area contributed by atoms with Crippen LogP contribution in [0.15, 0.2) is 0 Å². The van der Waals surface area contributed by atoms with Crippen LogP contribution in [0.5, 0.6) is 0 Å². The average molecular weight is 341 g/mol. The second kappa shape index (κ2) is 12.7. The van der Waals surface area contributed by atoms with Crippen LogP contribution in [0.1, 0.15) is 12.8 Å². The van der Waals surface area contributed by atoms with Crippen molar-refractivity contribution in [2.45, 2.75) is 12.8 Å². The van der Waals surface area contributed by atoms with E-state index < -0.39 is 21.8 Å². The summed E-state index contributed by atoms with van der Waals surface area (Å²) >= 11 is 0. The zero-order chi connectivity index (χ0) is 15.6. The molecule has 114 valence electrons. The molecule has 0 radical (unpaired) electrons. The quantitative estimate of drug-likeness (QED) is 0.359. The van der Waals surface area contributed by atoms with Crippen molar-refractivity contribution in [3.8, 4) is 0 Å². The molecule has 0 aromatic heterocycles. The van der Waals surface area contributed by atoms with Crippen molar-refractivity contribution >= 4 is 21.8 Å². The van der Waals surface area contributed by atoms with Gasteiger partial charge in [-0.3, -0.25) is 0 Å². The van der Waals surface area contributed by atoms with Gasteiger partial charge in [0.05, 0.1) is 0 Å². The van der Waals surface area contributed by atoms with Gasteiger partial charge < -0.3 is 58.2 Å². The van der Waals surface area contributed by atoms with Gasteiger partial charge >= 0.3 is 73.1 Å². The largest absolute Gasteiger partial charge is 1.00 e. The van der Waals surface area contributed by atoms with E-state index in [0.29, 0.717) is 0 Å². The van der Waals surface area contributed by atoms with Crippen molar-refractivity contribution in [3.05, 3.63) is 6.42 Å². The maximum atomic E-state index is 9.75. The van der Waals surface area contributed by atoms with Crippen LogP contribution >= 0.6 is 0 Å². The summed E-state index contributed by atoms with van der Waals surface area (Å²) in [7, 11) is -18.0. The molecule has 16 heteroatoms. The summed E-state index contributed by atoms with van der Waals surface area (Å²) in [4.78, 5) is 0. The topological polar surface area (TPSA) is 0 Å². The molecule has 0 saturated heterocycles. The summed E-state index contributed by atoms with van der Waals surface area (Å²) in [6, 6.07) is 0. The normalized spacial score (nSPS) is 13.3. The third kappa shape index (κ3) is 1380. The molecule has 1 rings (SSSR count). The third-order valence-corrected chi connectivity index (χ3v) is 0.289. The van der Waals surface area contributed by atoms with Gasteiger partial charge in [0.1, 0.15) is 0 Å². The van der Waals surface area contributed by atoms with Gasteiger partial charge in [-0.2, -0.15) is 0 Å². The van der Waals surface area contributed by atoms with Gasteiger partial charge in [-0.15, -0.1) is 0 Å². The van der Waals surface area contributed by atoms with Crippen molar-refractivity contribution in [1.29, 1.82) is 0 Å². The molecule has 0 nitrogen and oxygen atoms in total. The molecule has 0 heterocycles. The van der Waals surface area contributed by atoms with Gasteiger partial charge in [-0.25, -0.2) is 12.8 Å². The van der Waals surface area contributed by atoms with Crippen molar-refractivity contribution in [1.82, 2.24) is 0 Å². The summed E-state index contributed by atoms with van der Waals surface area (Å²) in [5.74, 6) is 0. The van der Waals surface area contributed by atoms with Crippen LogP contribution in [0.3, 0.4) is 0 Å². The van der Waals surface area contributed by atoms with Crippen LogP contribution in [-0.4, -0.2) is 21.8 Å². The average Bonchev–Trinajstić information content (AvgIpc) is 2.49. The molecule has 0 aromatic carbocycles. The minimum absolute atomic E-state index is 0. The number of halogens is 12. The van der Waals surface area contributed by atoms with E-state index in [1.165, 1.54) is 12.8 Å². The number of rotatable bonds is 0. The van der Waals surface area contributed by atoms with E-state index in [1.807, 2.05) is 0 Å². The first-order chi connectivity index (χ1) is 7.50. The number of hydrogen-bond donors (Lipinski definition) is 0. The Kier molecular flexibility index (Phi) is 18.9. The van der Waals surface area contributed by atoms with E-state index >= 15 is 0 Å². The van der Waals surface area contributed by atoms with E-state index in [9.17, 15) is 51.8 Å². The van der Waals surface area contributed by atoms with E-state index in [1.54, 1.807) is 0 Å².